The standard InChI is InChI=1S/C12H15F2NO2/c1-2-15(8-11(13)14)7-9-4-3-5-10(6-9)12(16)17/h3-6,11H,2,7-8H2,1H3,(H,16,17). The summed E-state index contributed by atoms with van der Waals surface area (Å²) in [4.78, 5) is 12.3. The first-order valence-electron chi connectivity index (χ1n) is 5.35. The molecule has 1 N–H and O–H groups in total. The average Bonchev–Trinajstić information content (AvgIpc) is 2.28. The molecule has 94 valence electrons. The van der Waals surface area contributed by atoms with Crippen molar-refractivity contribution in [1.29, 1.82) is 0 Å². The SMILES string of the molecule is CCN(Cc1cccc(C(=O)O)c1)CC(F)F. The van der Waals surface area contributed by atoms with Crippen LogP contribution in [-0.2, 0) is 6.54 Å². The van der Waals surface area contributed by atoms with Gasteiger partial charge in [0.1, 0.15) is 0 Å². The zero-order valence-electron chi connectivity index (χ0n) is 9.57. The highest BCUT2D eigenvalue weighted by molar-refractivity contribution is 5.87. The molecule has 5 heteroatoms. The van der Waals surface area contributed by atoms with Crippen molar-refractivity contribution >= 4 is 5.97 Å². The predicted octanol–water partition coefficient (Wildman–Crippen LogP) is 2.47. The van der Waals surface area contributed by atoms with Gasteiger partial charge in [-0.3, -0.25) is 4.90 Å². The summed E-state index contributed by atoms with van der Waals surface area (Å²) in [6, 6.07) is 6.35. The highest BCUT2D eigenvalue weighted by atomic mass is 19.3. The van der Waals surface area contributed by atoms with Gasteiger partial charge in [-0.1, -0.05) is 19.1 Å². The van der Waals surface area contributed by atoms with Crippen LogP contribution in [0.25, 0.3) is 0 Å². The Bertz CT molecular complexity index is 383. The van der Waals surface area contributed by atoms with Crippen LogP contribution in [0.1, 0.15) is 22.8 Å². The summed E-state index contributed by atoms with van der Waals surface area (Å²) in [7, 11) is 0. The lowest BCUT2D eigenvalue weighted by molar-refractivity contribution is 0.0695. The maximum atomic E-state index is 12.2. The van der Waals surface area contributed by atoms with Gasteiger partial charge < -0.3 is 5.11 Å². The topological polar surface area (TPSA) is 40.5 Å². The minimum atomic E-state index is -2.38. The molecule has 1 aromatic rings. The Kier molecular flexibility index (Phi) is 5.03. The van der Waals surface area contributed by atoms with Crippen molar-refractivity contribution in [3.63, 3.8) is 0 Å². The van der Waals surface area contributed by atoms with Crippen molar-refractivity contribution < 1.29 is 18.7 Å². The van der Waals surface area contributed by atoms with Gasteiger partial charge >= 0.3 is 5.97 Å². The molecule has 0 radical (unpaired) electrons. The van der Waals surface area contributed by atoms with Crippen LogP contribution in [0, 0.1) is 0 Å². The van der Waals surface area contributed by atoms with E-state index in [4.69, 9.17) is 5.11 Å². The van der Waals surface area contributed by atoms with Gasteiger partial charge in [-0.15, -0.1) is 0 Å². The summed E-state index contributed by atoms with van der Waals surface area (Å²) in [5.74, 6) is -1.01. The fourth-order valence-electron chi connectivity index (χ4n) is 1.56. The number of carbonyl (C=O) groups is 1. The monoisotopic (exact) mass is 243 g/mol. The summed E-state index contributed by atoms with van der Waals surface area (Å²) in [6.45, 7) is 2.33. The van der Waals surface area contributed by atoms with Crippen LogP contribution in [0.4, 0.5) is 8.78 Å². The number of carboxylic acids is 1. The van der Waals surface area contributed by atoms with Crippen molar-refractivity contribution in [3.8, 4) is 0 Å². The number of carboxylic acid groups (broad SMARTS) is 1. The van der Waals surface area contributed by atoms with Gasteiger partial charge in [-0.05, 0) is 24.2 Å². The molecular weight excluding hydrogens is 228 g/mol. The average molecular weight is 243 g/mol. The minimum Gasteiger partial charge on any atom is -0.478 e. The summed E-state index contributed by atoms with van der Waals surface area (Å²) in [5.41, 5.74) is 0.906. The Hall–Kier alpha value is -1.49. The second-order valence-corrected chi connectivity index (χ2v) is 3.72. The number of halogens is 2. The Morgan fingerprint density at radius 2 is 2.18 bits per heavy atom. The summed E-state index contributed by atoms with van der Waals surface area (Å²) in [6.07, 6.45) is -2.38. The van der Waals surface area contributed by atoms with Crippen LogP contribution in [0.15, 0.2) is 24.3 Å². The first-order valence-corrected chi connectivity index (χ1v) is 5.35. The number of hydrogen-bond donors (Lipinski definition) is 1. The van der Waals surface area contributed by atoms with Crippen LogP contribution in [0.5, 0.6) is 0 Å². The number of alkyl halides is 2. The van der Waals surface area contributed by atoms with E-state index in [-0.39, 0.29) is 12.1 Å². The molecule has 0 aliphatic heterocycles. The van der Waals surface area contributed by atoms with E-state index in [0.717, 1.165) is 5.56 Å². The molecule has 0 spiro atoms. The maximum Gasteiger partial charge on any atom is 0.335 e. The van der Waals surface area contributed by atoms with E-state index in [1.807, 2.05) is 0 Å². The van der Waals surface area contributed by atoms with Crippen molar-refractivity contribution in [2.45, 2.75) is 19.9 Å². The van der Waals surface area contributed by atoms with Crippen LogP contribution < -0.4 is 0 Å². The Morgan fingerprint density at radius 3 is 2.71 bits per heavy atom. The van der Waals surface area contributed by atoms with Crippen LogP contribution in [-0.4, -0.2) is 35.5 Å². The van der Waals surface area contributed by atoms with Gasteiger partial charge in [0.2, 0.25) is 0 Å². The molecule has 0 unspecified atom stereocenters. The van der Waals surface area contributed by atoms with E-state index in [9.17, 15) is 13.6 Å². The number of aromatic carboxylic acids is 1. The summed E-state index contributed by atoms with van der Waals surface area (Å²) < 4.78 is 24.5. The fourth-order valence-corrected chi connectivity index (χ4v) is 1.56. The third-order valence-corrected chi connectivity index (χ3v) is 2.42. The molecule has 0 aromatic heterocycles. The Morgan fingerprint density at radius 1 is 1.47 bits per heavy atom. The zero-order valence-corrected chi connectivity index (χ0v) is 9.57. The highest BCUT2D eigenvalue weighted by Crippen LogP contribution is 2.09. The predicted molar refractivity (Wildman–Crippen MR) is 60.4 cm³/mol. The van der Waals surface area contributed by atoms with Crippen LogP contribution in [0.2, 0.25) is 0 Å². The third kappa shape index (κ3) is 4.48. The van der Waals surface area contributed by atoms with Crippen LogP contribution >= 0.6 is 0 Å². The third-order valence-electron chi connectivity index (χ3n) is 2.42. The first-order chi connectivity index (χ1) is 8.02. The number of rotatable bonds is 6. The van der Waals surface area contributed by atoms with E-state index in [1.165, 1.54) is 12.1 Å². The molecular formula is C12H15F2NO2. The first kappa shape index (κ1) is 13.6. The molecule has 1 rings (SSSR count). The van der Waals surface area contributed by atoms with E-state index in [0.29, 0.717) is 13.1 Å². The van der Waals surface area contributed by atoms with Crippen molar-refractivity contribution in [2.24, 2.45) is 0 Å². The molecule has 0 saturated carbocycles. The highest BCUT2D eigenvalue weighted by Gasteiger charge is 2.11. The lowest BCUT2D eigenvalue weighted by Gasteiger charge is -2.19. The van der Waals surface area contributed by atoms with E-state index in [1.54, 1.807) is 24.0 Å². The van der Waals surface area contributed by atoms with Gasteiger partial charge in [0.05, 0.1) is 12.1 Å². The maximum absolute atomic E-state index is 12.2. The second-order valence-electron chi connectivity index (χ2n) is 3.72. The smallest absolute Gasteiger partial charge is 0.335 e. The molecule has 0 aliphatic rings. The van der Waals surface area contributed by atoms with Gasteiger partial charge in [0, 0.05) is 6.54 Å². The van der Waals surface area contributed by atoms with E-state index < -0.39 is 12.4 Å². The second kappa shape index (κ2) is 6.30. The molecule has 1 aromatic carbocycles. The lowest BCUT2D eigenvalue weighted by atomic mass is 10.1. The van der Waals surface area contributed by atoms with Gasteiger partial charge in [-0.25, -0.2) is 13.6 Å². The molecule has 17 heavy (non-hydrogen) atoms. The normalized spacial score (nSPS) is 11.1. The van der Waals surface area contributed by atoms with Crippen molar-refractivity contribution in [3.05, 3.63) is 35.4 Å². The largest absolute Gasteiger partial charge is 0.478 e. The molecule has 0 saturated heterocycles. The fraction of sp³-hybridized carbons (Fsp3) is 0.417. The molecule has 0 atom stereocenters. The quantitative estimate of drug-likeness (QED) is 0.834. The van der Waals surface area contributed by atoms with Gasteiger partial charge in [-0.2, -0.15) is 0 Å². The Balaban J connectivity index is 2.72. The van der Waals surface area contributed by atoms with Gasteiger partial charge in [0.25, 0.3) is 6.43 Å². The van der Waals surface area contributed by atoms with Gasteiger partial charge in [0.15, 0.2) is 0 Å². The van der Waals surface area contributed by atoms with E-state index >= 15 is 0 Å². The minimum absolute atomic E-state index is 0.176. The number of benzene rings is 1. The number of nitrogens with zero attached hydrogens (tertiary/aromatic N) is 1. The number of hydrogen-bond acceptors (Lipinski definition) is 2. The summed E-state index contributed by atoms with van der Waals surface area (Å²) in [5, 5.41) is 8.81. The summed E-state index contributed by atoms with van der Waals surface area (Å²) >= 11 is 0. The molecule has 0 aliphatic carbocycles. The molecule has 0 heterocycles. The molecule has 0 bridgehead atoms. The Labute approximate surface area is 98.7 Å². The van der Waals surface area contributed by atoms with Crippen molar-refractivity contribution in [2.75, 3.05) is 13.1 Å². The lowest BCUT2D eigenvalue weighted by Crippen LogP contribution is -2.28. The van der Waals surface area contributed by atoms with E-state index in [2.05, 4.69) is 0 Å². The zero-order chi connectivity index (χ0) is 12.8. The molecule has 3 nitrogen and oxygen atoms in total. The molecule has 0 fully saturated rings. The van der Waals surface area contributed by atoms with Crippen molar-refractivity contribution in [1.82, 2.24) is 4.90 Å². The van der Waals surface area contributed by atoms with Crippen LogP contribution in [0.3, 0.4) is 0 Å². The molecule has 0 amide bonds.